The number of rotatable bonds is 4. The molecule has 3 heteroatoms. The Morgan fingerprint density at radius 2 is 1.76 bits per heavy atom. The fourth-order valence-electron chi connectivity index (χ4n) is 4.34. The summed E-state index contributed by atoms with van der Waals surface area (Å²) in [5, 5.41) is 2.55. The Hall–Kier alpha value is -1.87. The van der Waals surface area contributed by atoms with Crippen LogP contribution in [0.4, 0.5) is 0 Å². The normalized spacial score (nSPS) is 18.7. The molecule has 132 valence electrons. The molecular weight excluding hydrogens is 306 g/mol. The molecule has 0 bridgehead atoms. The smallest absolute Gasteiger partial charge is 0.124 e. The lowest BCUT2D eigenvalue weighted by Gasteiger charge is -2.32. The van der Waals surface area contributed by atoms with Crippen molar-refractivity contribution in [3.63, 3.8) is 0 Å². The van der Waals surface area contributed by atoms with Gasteiger partial charge < -0.3 is 4.57 Å². The van der Waals surface area contributed by atoms with Gasteiger partial charge in [-0.05, 0) is 64.1 Å². The van der Waals surface area contributed by atoms with E-state index in [0.717, 1.165) is 25.3 Å². The minimum atomic E-state index is 0.468. The highest BCUT2D eigenvalue weighted by Gasteiger charge is 2.22. The number of nitrogens with zero attached hydrogens (tertiary/aromatic N) is 3. The predicted octanol–water partition coefficient (Wildman–Crippen LogP) is 3.20. The van der Waals surface area contributed by atoms with Crippen molar-refractivity contribution in [2.24, 2.45) is 0 Å². The van der Waals surface area contributed by atoms with Crippen LogP contribution >= 0.6 is 0 Å². The molecule has 0 unspecified atom stereocenters. The SMILES string of the molecule is CC(C)n1c(CN2CCC(c3ccccc3)CC2)nc2c1=CCCC=2. The summed E-state index contributed by atoms with van der Waals surface area (Å²) in [5.74, 6) is 1.96. The van der Waals surface area contributed by atoms with E-state index in [9.17, 15) is 0 Å². The van der Waals surface area contributed by atoms with Gasteiger partial charge in [-0.2, -0.15) is 0 Å². The molecule has 3 nitrogen and oxygen atoms in total. The molecule has 0 N–H and O–H groups in total. The summed E-state index contributed by atoms with van der Waals surface area (Å²) in [7, 11) is 0. The molecule has 2 aliphatic rings. The van der Waals surface area contributed by atoms with Crippen LogP contribution in [0.3, 0.4) is 0 Å². The monoisotopic (exact) mass is 335 g/mol. The predicted molar refractivity (Wildman–Crippen MR) is 104 cm³/mol. The van der Waals surface area contributed by atoms with E-state index in [0.29, 0.717) is 6.04 Å². The number of hydrogen-bond acceptors (Lipinski definition) is 2. The van der Waals surface area contributed by atoms with Gasteiger partial charge in [0, 0.05) is 6.04 Å². The van der Waals surface area contributed by atoms with Gasteiger partial charge in [-0.25, -0.2) is 4.98 Å². The molecule has 2 aromatic rings. The Morgan fingerprint density at radius 1 is 1.04 bits per heavy atom. The third-order valence-electron chi connectivity index (χ3n) is 5.63. The minimum Gasteiger partial charge on any atom is -0.325 e. The van der Waals surface area contributed by atoms with E-state index in [1.54, 1.807) is 0 Å². The highest BCUT2D eigenvalue weighted by atomic mass is 15.2. The molecule has 0 amide bonds. The zero-order chi connectivity index (χ0) is 17.2. The molecule has 0 atom stereocenters. The van der Waals surface area contributed by atoms with Gasteiger partial charge in [0.15, 0.2) is 0 Å². The Labute approximate surface area is 150 Å². The van der Waals surface area contributed by atoms with Crippen LogP contribution in [0.1, 0.15) is 62.9 Å². The summed E-state index contributed by atoms with van der Waals surface area (Å²) < 4.78 is 2.45. The van der Waals surface area contributed by atoms with E-state index in [4.69, 9.17) is 4.98 Å². The van der Waals surface area contributed by atoms with Gasteiger partial charge >= 0.3 is 0 Å². The first-order chi connectivity index (χ1) is 12.2. The van der Waals surface area contributed by atoms with Gasteiger partial charge in [0.1, 0.15) is 5.82 Å². The molecule has 1 saturated heterocycles. The summed E-state index contributed by atoms with van der Waals surface area (Å²) in [6.07, 6.45) is 9.46. The lowest BCUT2D eigenvalue weighted by molar-refractivity contribution is 0.196. The molecule has 4 rings (SSSR count). The van der Waals surface area contributed by atoms with Crippen molar-refractivity contribution in [1.29, 1.82) is 0 Å². The molecule has 2 heterocycles. The Bertz CT molecular complexity index is 824. The first kappa shape index (κ1) is 16.6. The van der Waals surface area contributed by atoms with E-state index in [1.165, 1.54) is 48.0 Å². The molecule has 1 aromatic carbocycles. The van der Waals surface area contributed by atoms with E-state index >= 15 is 0 Å². The lowest BCUT2D eigenvalue weighted by atomic mass is 9.89. The van der Waals surface area contributed by atoms with Crippen molar-refractivity contribution in [2.75, 3.05) is 13.1 Å². The van der Waals surface area contributed by atoms with Gasteiger partial charge in [0.25, 0.3) is 0 Å². The maximum Gasteiger partial charge on any atom is 0.124 e. The summed E-state index contributed by atoms with van der Waals surface area (Å²) >= 11 is 0. The zero-order valence-electron chi connectivity index (χ0n) is 15.5. The second kappa shape index (κ2) is 7.17. The van der Waals surface area contributed by atoms with E-state index < -0.39 is 0 Å². The second-order valence-corrected chi connectivity index (χ2v) is 7.71. The van der Waals surface area contributed by atoms with Crippen LogP contribution in [0.5, 0.6) is 0 Å². The summed E-state index contributed by atoms with van der Waals surface area (Å²) in [4.78, 5) is 7.57. The maximum absolute atomic E-state index is 4.98. The maximum atomic E-state index is 4.98. The molecular formula is C22H29N3. The van der Waals surface area contributed by atoms with Crippen LogP contribution in [0.2, 0.25) is 0 Å². The number of hydrogen-bond donors (Lipinski definition) is 0. The number of aromatic nitrogens is 2. The highest BCUT2D eigenvalue weighted by molar-refractivity contribution is 5.34. The number of imidazole rings is 1. The Balaban J connectivity index is 1.48. The van der Waals surface area contributed by atoms with Gasteiger partial charge in [-0.15, -0.1) is 0 Å². The van der Waals surface area contributed by atoms with Crippen molar-refractivity contribution >= 4 is 12.2 Å². The van der Waals surface area contributed by atoms with Crippen LogP contribution in [-0.4, -0.2) is 27.5 Å². The fraction of sp³-hybridized carbons (Fsp3) is 0.500. The average molecular weight is 335 g/mol. The van der Waals surface area contributed by atoms with Gasteiger partial charge in [0.05, 0.1) is 17.2 Å². The Morgan fingerprint density at radius 3 is 2.48 bits per heavy atom. The average Bonchev–Trinajstić information content (AvgIpc) is 3.01. The molecule has 25 heavy (non-hydrogen) atoms. The van der Waals surface area contributed by atoms with Gasteiger partial charge in [0.2, 0.25) is 0 Å². The summed E-state index contributed by atoms with van der Waals surface area (Å²) in [6, 6.07) is 11.5. The number of piperidine rings is 1. The van der Waals surface area contributed by atoms with Crippen LogP contribution in [0, 0.1) is 0 Å². The molecule has 1 aromatic heterocycles. The zero-order valence-corrected chi connectivity index (χ0v) is 15.5. The van der Waals surface area contributed by atoms with E-state index in [1.807, 2.05) is 0 Å². The van der Waals surface area contributed by atoms with Crippen LogP contribution in [0.25, 0.3) is 12.2 Å². The molecule has 0 spiro atoms. The molecule has 0 saturated carbocycles. The number of fused-ring (bicyclic) bond motifs is 1. The van der Waals surface area contributed by atoms with Gasteiger partial charge in [-0.1, -0.05) is 42.5 Å². The van der Waals surface area contributed by atoms with Crippen molar-refractivity contribution in [2.45, 2.75) is 58.0 Å². The van der Waals surface area contributed by atoms with E-state index in [-0.39, 0.29) is 0 Å². The van der Waals surface area contributed by atoms with Gasteiger partial charge in [-0.3, -0.25) is 4.90 Å². The number of likely N-dealkylation sites (tertiary alicyclic amines) is 1. The summed E-state index contributed by atoms with van der Waals surface area (Å²) in [6.45, 7) is 7.87. The largest absolute Gasteiger partial charge is 0.325 e. The number of benzene rings is 1. The van der Waals surface area contributed by atoms with E-state index in [2.05, 4.69) is 65.8 Å². The lowest BCUT2D eigenvalue weighted by Crippen LogP contribution is -2.35. The van der Waals surface area contributed by atoms with Crippen LogP contribution in [-0.2, 0) is 6.54 Å². The third-order valence-corrected chi connectivity index (χ3v) is 5.63. The Kier molecular flexibility index (Phi) is 4.76. The third kappa shape index (κ3) is 3.43. The summed E-state index contributed by atoms with van der Waals surface area (Å²) in [5.41, 5.74) is 1.51. The van der Waals surface area contributed by atoms with Crippen molar-refractivity contribution in [1.82, 2.24) is 14.5 Å². The molecule has 1 fully saturated rings. The first-order valence-corrected chi connectivity index (χ1v) is 9.77. The molecule has 1 aliphatic heterocycles. The standard InChI is InChI=1S/C22H29N3/c1-17(2)25-21-11-7-6-10-20(21)23-22(25)16-24-14-12-19(13-15-24)18-8-4-3-5-9-18/h3-5,8-11,17,19H,6-7,12-16H2,1-2H3. The highest BCUT2D eigenvalue weighted by Crippen LogP contribution is 2.28. The van der Waals surface area contributed by atoms with Crippen LogP contribution in [0.15, 0.2) is 30.3 Å². The van der Waals surface area contributed by atoms with Crippen LogP contribution < -0.4 is 10.7 Å². The minimum absolute atomic E-state index is 0.468. The topological polar surface area (TPSA) is 21.1 Å². The fourth-order valence-corrected chi connectivity index (χ4v) is 4.34. The molecule has 0 radical (unpaired) electrons. The quantitative estimate of drug-likeness (QED) is 0.855. The first-order valence-electron chi connectivity index (χ1n) is 9.77. The van der Waals surface area contributed by atoms with Crippen molar-refractivity contribution in [3.05, 3.63) is 52.4 Å². The van der Waals surface area contributed by atoms with Crippen molar-refractivity contribution < 1.29 is 0 Å². The second-order valence-electron chi connectivity index (χ2n) is 7.71. The molecule has 1 aliphatic carbocycles. The van der Waals surface area contributed by atoms with Crippen molar-refractivity contribution in [3.8, 4) is 0 Å².